The van der Waals surface area contributed by atoms with Crippen molar-refractivity contribution in [1.29, 1.82) is 0 Å². The first-order valence-electron chi connectivity index (χ1n) is 7.25. The minimum absolute atomic E-state index is 0.948. The predicted molar refractivity (Wildman–Crippen MR) is 75.0 cm³/mol. The summed E-state index contributed by atoms with van der Waals surface area (Å²) in [5.41, 5.74) is 1.91. The van der Waals surface area contributed by atoms with Gasteiger partial charge in [0.2, 0.25) is 8.40 Å². The third-order valence-corrected chi connectivity index (χ3v) is 9.95. The van der Waals surface area contributed by atoms with Crippen LogP contribution in [-0.2, 0) is 0 Å². The maximum Gasteiger partial charge on any atom is 0.207 e. The molecular formula is C13H30N2Si. The quantitative estimate of drug-likeness (QED) is 0.669. The van der Waals surface area contributed by atoms with Crippen LogP contribution in [0.1, 0.15) is 59.8 Å². The van der Waals surface area contributed by atoms with Gasteiger partial charge in [0, 0.05) is 0 Å². The smallest absolute Gasteiger partial charge is 0.207 e. The Hall–Kier alpha value is 0.137. The Balaban J connectivity index is 2.83. The summed E-state index contributed by atoms with van der Waals surface area (Å²) < 4.78 is 0. The van der Waals surface area contributed by atoms with Gasteiger partial charge >= 0.3 is 0 Å². The summed E-state index contributed by atoms with van der Waals surface area (Å²) in [5.74, 6) is 0. The maximum atomic E-state index is 3.92. The van der Waals surface area contributed by atoms with Crippen LogP contribution < -0.4 is 9.96 Å². The molecule has 1 saturated heterocycles. The zero-order chi connectivity index (χ0) is 12.0. The second kappa shape index (κ2) is 6.77. The minimum Gasteiger partial charge on any atom is -0.325 e. The topological polar surface area (TPSA) is 24.1 Å². The van der Waals surface area contributed by atoms with E-state index >= 15 is 0 Å². The van der Waals surface area contributed by atoms with Crippen molar-refractivity contribution in [3.05, 3.63) is 0 Å². The Morgan fingerprint density at radius 3 is 1.94 bits per heavy atom. The van der Waals surface area contributed by atoms with Gasteiger partial charge < -0.3 is 9.96 Å². The van der Waals surface area contributed by atoms with Gasteiger partial charge in [0.1, 0.15) is 0 Å². The lowest BCUT2D eigenvalue weighted by Crippen LogP contribution is -2.65. The fourth-order valence-electron chi connectivity index (χ4n) is 3.66. The highest BCUT2D eigenvalue weighted by Gasteiger charge is 2.50. The number of rotatable bonds is 7. The summed E-state index contributed by atoms with van der Waals surface area (Å²) in [6, 6.07) is 0. The van der Waals surface area contributed by atoms with Crippen LogP contribution in [0.15, 0.2) is 0 Å². The van der Waals surface area contributed by atoms with Gasteiger partial charge in [-0.15, -0.1) is 0 Å². The van der Waals surface area contributed by atoms with Crippen LogP contribution >= 0.6 is 0 Å². The van der Waals surface area contributed by atoms with Gasteiger partial charge in [-0.2, -0.15) is 0 Å². The summed E-state index contributed by atoms with van der Waals surface area (Å²) in [7, 11) is -1.41. The van der Waals surface area contributed by atoms with E-state index in [1.54, 1.807) is 0 Å². The van der Waals surface area contributed by atoms with E-state index in [0.717, 1.165) is 24.2 Å². The van der Waals surface area contributed by atoms with Gasteiger partial charge in [-0.3, -0.25) is 0 Å². The highest BCUT2D eigenvalue weighted by atomic mass is 28.3. The van der Waals surface area contributed by atoms with Gasteiger partial charge in [-0.05, 0) is 24.2 Å². The Bertz CT molecular complexity index is 190. The van der Waals surface area contributed by atoms with Crippen molar-refractivity contribution in [3.8, 4) is 0 Å². The highest BCUT2D eigenvalue weighted by Crippen LogP contribution is 2.47. The zero-order valence-electron chi connectivity index (χ0n) is 11.6. The molecule has 1 aliphatic heterocycles. The third kappa shape index (κ3) is 2.69. The molecule has 16 heavy (non-hydrogen) atoms. The van der Waals surface area contributed by atoms with Crippen LogP contribution in [-0.4, -0.2) is 21.5 Å². The molecule has 2 atom stereocenters. The van der Waals surface area contributed by atoms with E-state index in [-0.39, 0.29) is 0 Å². The fourth-order valence-corrected chi connectivity index (χ4v) is 9.41. The van der Waals surface area contributed by atoms with Crippen LogP contribution in [0.4, 0.5) is 0 Å². The van der Waals surface area contributed by atoms with Crippen LogP contribution in [0.3, 0.4) is 0 Å². The van der Waals surface area contributed by atoms with E-state index in [1.165, 1.54) is 32.1 Å². The molecule has 0 saturated carbocycles. The molecule has 1 heterocycles. The molecule has 0 aliphatic carbocycles. The van der Waals surface area contributed by atoms with Crippen molar-refractivity contribution in [3.63, 3.8) is 0 Å². The van der Waals surface area contributed by atoms with E-state index in [4.69, 9.17) is 0 Å². The average molecular weight is 242 g/mol. The molecule has 0 aromatic heterocycles. The SMILES string of the molecule is CCCC1CCC(CC)[Si]1(NCC)NCC. The minimum atomic E-state index is -1.41. The summed E-state index contributed by atoms with van der Waals surface area (Å²) in [4.78, 5) is 7.85. The molecule has 3 heteroatoms. The fraction of sp³-hybridized carbons (Fsp3) is 1.00. The predicted octanol–water partition coefficient (Wildman–Crippen LogP) is 3.39. The van der Waals surface area contributed by atoms with E-state index in [9.17, 15) is 0 Å². The van der Waals surface area contributed by atoms with Crippen LogP contribution in [0.5, 0.6) is 0 Å². The molecule has 0 bridgehead atoms. The Labute approximate surface area is 103 Å². The van der Waals surface area contributed by atoms with Gasteiger partial charge in [0.25, 0.3) is 0 Å². The molecule has 0 spiro atoms. The monoisotopic (exact) mass is 242 g/mol. The molecule has 2 N–H and O–H groups in total. The number of hydrogen-bond acceptors (Lipinski definition) is 2. The molecule has 0 aromatic rings. The van der Waals surface area contributed by atoms with Crippen molar-refractivity contribution in [1.82, 2.24) is 9.96 Å². The first kappa shape index (κ1) is 14.2. The first-order chi connectivity index (χ1) is 7.75. The van der Waals surface area contributed by atoms with Crippen LogP contribution in [0, 0.1) is 0 Å². The zero-order valence-corrected chi connectivity index (χ0v) is 12.6. The lowest BCUT2D eigenvalue weighted by atomic mass is 10.1. The average Bonchev–Trinajstić information content (AvgIpc) is 2.59. The molecule has 0 radical (unpaired) electrons. The lowest BCUT2D eigenvalue weighted by Gasteiger charge is -2.39. The van der Waals surface area contributed by atoms with Crippen molar-refractivity contribution < 1.29 is 0 Å². The summed E-state index contributed by atoms with van der Waals surface area (Å²) in [6.45, 7) is 11.5. The normalized spacial score (nSPS) is 28.5. The van der Waals surface area contributed by atoms with Crippen LogP contribution in [0.25, 0.3) is 0 Å². The molecule has 1 rings (SSSR count). The lowest BCUT2D eigenvalue weighted by molar-refractivity contribution is 0.649. The largest absolute Gasteiger partial charge is 0.325 e. The van der Waals surface area contributed by atoms with E-state index in [2.05, 4.69) is 37.7 Å². The molecule has 1 fully saturated rings. The van der Waals surface area contributed by atoms with Crippen molar-refractivity contribution in [2.24, 2.45) is 0 Å². The molecule has 2 nitrogen and oxygen atoms in total. The second-order valence-electron chi connectivity index (χ2n) is 5.10. The standard InChI is InChI=1S/C13H30N2Si/c1-5-9-13-11-10-12(6-2)16(13,14-7-3)15-8-4/h12-15H,5-11H2,1-4H3. The van der Waals surface area contributed by atoms with Crippen molar-refractivity contribution >= 4 is 8.40 Å². The second-order valence-corrected chi connectivity index (χ2v) is 9.18. The molecular weight excluding hydrogens is 212 g/mol. The maximum absolute atomic E-state index is 3.92. The van der Waals surface area contributed by atoms with E-state index < -0.39 is 8.40 Å². The van der Waals surface area contributed by atoms with E-state index in [0.29, 0.717) is 0 Å². The van der Waals surface area contributed by atoms with Gasteiger partial charge in [-0.25, -0.2) is 0 Å². The van der Waals surface area contributed by atoms with Gasteiger partial charge in [0.15, 0.2) is 0 Å². The summed E-state index contributed by atoms with van der Waals surface area (Å²) >= 11 is 0. The third-order valence-electron chi connectivity index (χ3n) is 4.22. The number of hydrogen-bond donors (Lipinski definition) is 2. The van der Waals surface area contributed by atoms with Gasteiger partial charge in [-0.1, -0.05) is 59.8 Å². The highest BCUT2D eigenvalue weighted by molar-refractivity contribution is 6.78. The van der Waals surface area contributed by atoms with Crippen molar-refractivity contribution in [2.75, 3.05) is 13.1 Å². The van der Waals surface area contributed by atoms with Gasteiger partial charge in [0.05, 0.1) is 0 Å². The van der Waals surface area contributed by atoms with Crippen molar-refractivity contribution in [2.45, 2.75) is 70.9 Å². The molecule has 96 valence electrons. The molecule has 1 aliphatic rings. The summed E-state index contributed by atoms with van der Waals surface area (Å²) in [6.07, 6.45) is 7.02. The molecule has 2 unspecified atom stereocenters. The Kier molecular flexibility index (Phi) is 6.01. The summed E-state index contributed by atoms with van der Waals surface area (Å²) in [5, 5.41) is 0. The van der Waals surface area contributed by atoms with E-state index in [1.807, 2.05) is 0 Å². The van der Waals surface area contributed by atoms with Crippen LogP contribution in [0.2, 0.25) is 11.1 Å². The Morgan fingerprint density at radius 2 is 1.50 bits per heavy atom. The molecule has 0 amide bonds. The molecule has 0 aromatic carbocycles. The first-order valence-corrected chi connectivity index (χ1v) is 9.40. The number of nitrogens with one attached hydrogen (secondary N) is 2. The Morgan fingerprint density at radius 1 is 0.938 bits per heavy atom.